The normalized spacial score (nSPS) is 9.26. The van der Waals surface area contributed by atoms with Crippen molar-refractivity contribution >= 4 is 31.7 Å². The van der Waals surface area contributed by atoms with E-state index in [0.717, 1.165) is 12.2 Å². The van der Waals surface area contributed by atoms with Crippen LogP contribution in [0.3, 0.4) is 0 Å². The third kappa shape index (κ3) is 31.8. The van der Waals surface area contributed by atoms with Gasteiger partial charge in [0.2, 0.25) is 11.5 Å². The average Bonchev–Trinajstić information content (AvgIpc) is 2.16. The van der Waals surface area contributed by atoms with Crippen LogP contribution in [0, 0.1) is 0 Å². The molecule has 2 atom stereocenters. The molecule has 0 aromatic rings. The molecule has 0 heterocycles. The van der Waals surface area contributed by atoms with E-state index in [2.05, 4.69) is 9.47 Å². The number of hydrogen-bond donors (Lipinski definition) is 0. The molecule has 0 saturated heterocycles. The van der Waals surface area contributed by atoms with E-state index in [9.17, 15) is 9.59 Å². The molecule has 2 unspecified atom stereocenters. The summed E-state index contributed by atoms with van der Waals surface area (Å²) in [6.07, 6.45) is 2.22. The molecule has 0 radical (unpaired) electrons. The number of carbonyl (C=O) groups excluding carboxylic acids is 2. The minimum Gasteiger partial charge on any atom is -0.596 e. The van der Waals surface area contributed by atoms with Gasteiger partial charge in [0.25, 0.3) is 0 Å². The molecule has 0 aliphatic carbocycles. The summed E-state index contributed by atoms with van der Waals surface area (Å²) in [5.74, 6) is -0.538. The van der Waals surface area contributed by atoms with Gasteiger partial charge in [-0.05, 0) is 0 Å². The van der Waals surface area contributed by atoms with Crippen molar-refractivity contribution in [2.75, 3.05) is 14.2 Å². The Morgan fingerprint density at radius 1 is 0.842 bits per heavy atom. The second kappa shape index (κ2) is 19.7. The molecule has 0 saturated carbocycles. The molecule has 0 aromatic carbocycles. The van der Waals surface area contributed by atoms with Crippen LogP contribution in [0.25, 0.3) is 0 Å². The number of carbonyl (C=O) groups is 2. The van der Waals surface area contributed by atoms with E-state index in [1.165, 1.54) is 28.1 Å². The molecule has 0 aliphatic rings. The van der Waals surface area contributed by atoms with Gasteiger partial charge < -0.3 is 19.7 Å². The van der Waals surface area contributed by atoms with Crippen molar-refractivity contribution in [2.45, 2.75) is 13.8 Å². The van der Waals surface area contributed by atoms with Crippen LogP contribution >= 0.6 is 19.8 Å². The predicted octanol–water partition coefficient (Wildman–Crippen LogP) is -0.311. The van der Waals surface area contributed by atoms with E-state index >= 15 is 0 Å². The summed E-state index contributed by atoms with van der Waals surface area (Å²) in [6, 6.07) is 0. The van der Waals surface area contributed by atoms with Crippen molar-refractivity contribution in [1.29, 1.82) is 0 Å². The maximum absolute atomic E-state index is 10.2. The Bertz CT molecular complexity index is 266. The van der Waals surface area contributed by atoms with Gasteiger partial charge in [-0.15, -0.1) is 0 Å². The van der Waals surface area contributed by atoms with E-state index in [0.29, 0.717) is 0 Å². The summed E-state index contributed by atoms with van der Waals surface area (Å²) in [7, 11) is 2.56. The first-order valence-electron chi connectivity index (χ1n) is 4.29. The zero-order chi connectivity index (χ0) is 13.1. The summed E-state index contributed by atoms with van der Waals surface area (Å²) < 4.78 is 8.45. The smallest absolute Gasteiger partial charge is 0.339 e. The Morgan fingerprint density at radius 2 is 1.05 bits per heavy atom. The predicted molar refractivity (Wildman–Crippen MR) is 81.0 cm³/mol. The molecule has 0 aliphatic heterocycles. The van der Waals surface area contributed by atoms with Gasteiger partial charge in [0, 0.05) is 30.9 Å². The molecule has 0 spiro atoms. The minimum atomic E-state index is -0.475. The monoisotopic (exact) mass is 358 g/mol. The molecular weight excluding hydrogens is 334 g/mol. The van der Waals surface area contributed by atoms with Gasteiger partial charge in [0.1, 0.15) is 12.2 Å². The fraction of sp³-hybridized carbons (Fsp3) is 0.400. The molecular formula is C10H24FeO6P2+2. The Balaban J connectivity index is -0.0000000594. The standard InChI is InChI=1S/2C5H8O3.Fe.2H3P/c2*1-4(6)3-5(7)8-2;;;/h2*3,6H,1-2H3;;2*1H3/p+2. The van der Waals surface area contributed by atoms with Gasteiger partial charge in [0.05, 0.1) is 14.2 Å². The van der Waals surface area contributed by atoms with Crippen molar-refractivity contribution < 1.29 is 46.3 Å². The maximum atomic E-state index is 10.2. The van der Waals surface area contributed by atoms with Crippen LogP contribution in [0.2, 0.25) is 0 Å². The molecule has 6 nitrogen and oxygen atoms in total. The van der Waals surface area contributed by atoms with Gasteiger partial charge in [-0.25, -0.2) is 9.59 Å². The Morgan fingerprint density at radius 3 is 1.11 bits per heavy atom. The van der Waals surface area contributed by atoms with Crippen molar-refractivity contribution in [1.82, 2.24) is 0 Å². The van der Waals surface area contributed by atoms with Crippen LogP contribution < -0.4 is 0 Å². The third-order valence-electron chi connectivity index (χ3n) is 1.07. The number of methoxy groups -OCH3 is 2. The van der Waals surface area contributed by atoms with Gasteiger partial charge >= 0.3 is 11.9 Å². The quantitative estimate of drug-likeness (QED) is 0.169. The molecule has 4 N–H and O–H groups in total. The SMILES string of the molecule is COC(=O)C=C(C)[OH2+].COC(=O)C=C(C)[OH2+].P.P.[Fe]. The Hall–Kier alpha value is -0.601. The molecule has 0 aromatic heterocycles. The second-order valence-corrected chi connectivity index (χ2v) is 2.70. The van der Waals surface area contributed by atoms with Crippen molar-refractivity contribution in [3.8, 4) is 0 Å². The average molecular weight is 358 g/mol. The molecule has 0 bridgehead atoms. The zero-order valence-corrected chi connectivity index (χ0v) is 15.5. The van der Waals surface area contributed by atoms with Crippen molar-refractivity contribution in [3.63, 3.8) is 0 Å². The van der Waals surface area contributed by atoms with E-state index in [1.54, 1.807) is 0 Å². The number of rotatable bonds is 2. The summed E-state index contributed by atoms with van der Waals surface area (Å²) in [5, 5.41) is 13.5. The largest absolute Gasteiger partial charge is 0.596 e. The summed E-state index contributed by atoms with van der Waals surface area (Å²) in [4.78, 5) is 20.4. The topological polar surface area (TPSA) is 98.4 Å². The first-order chi connectivity index (χ1) is 7.33. The molecule has 0 rings (SSSR count). The number of ether oxygens (including phenoxy) is 2. The first-order valence-corrected chi connectivity index (χ1v) is 4.29. The van der Waals surface area contributed by atoms with E-state index in [-0.39, 0.29) is 48.4 Å². The molecule has 0 amide bonds. The van der Waals surface area contributed by atoms with Crippen LogP contribution in [-0.2, 0) is 36.1 Å². The molecule has 19 heavy (non-hydrogen) atoms. The third-order valence-corrected chi connectivity index (χ3v) is 1.07. The minimum absolute atomic E-state index is 0. The fourth-order valence-corrected chi connectivity index (χ4v) is 0.471. The van der Waals surface area contributed by atoms with Gasteiger partial charge in [0.15, 0.2) is 0 Å². The van der Waals surface area contributed by atoms with E-state index in [4.69, 9.17) is 10.2 Å². The maximum Gasteiger partial charge on any atom is 0.339 e. The van der Waals surface area contributed by atoms with Gasteiger partial charge in [-0.3, -0.25) is 0 Å². The van der Waals surface area contributed by atoms with Crippen molar-refractivity contribution in [2.24, 2.45) is 0 Å². The molecule has 116 valence electrons. The second-order valence-electron chi connectivity index (χ2n) is 2.70. The summed E-state index contributed by atoms with van der Waals surface area (Å²) >= 11 is 0. The van der Waals surface area contributed by atoms with Crippen LogP contribution in [0.4, 0.5) is 0 Å². The zero-order valence-electron chi connectivity index (χ0n) is 11.6. The van der Waals surface area contributed by atoms with Crippen molar-refractivity contribution in [3.05, 3.63) is 23.7 Å². The summed E-state index contributed by atoms with van der Waals surface area (Å²) in [6.45, 7) is 3.02. The molecule has 9 heteroatoms. The molecule has 0 fully saturated rings. The number of hydrogen-bond acceptors (Lipinski definition) is 4. The van der Waals surface area contributed by atoms with Crippen LogP contribution in [-0.4, -0.2) is 36.4 Å². The Labute approximate surface area is 130 Å². The van der Waals surface area contributed by atoms with Gasteiger partial charge in [-0.2, -0.15) is 19.8 Å². The van der Waals surface area contributed by atoms with E-state index in [1.807, 2.05) is 0 Å². The van der Waals surface area contributed by atoms with E-state index < -0.39 is 11.9 Å². The Kier molecular flexibility index (Phi) is 32.2. The number of esters is 2. The fourth-order valence-electron chi connectivity index (χ4n) is 0.471. The first kappa shape index (κ1) is 31.0. The van der Waals surface area contributed by atoms with Crippen LogP contribution in [0.1, 0.15) is 13.8 Å². The van der Waals surface area contributed by atoms with Gasteiger partial charge in [-0.1, -0.05) is 0 Å². The van der Waals surface area contributed by atoms with Crippen LogP contribution in [0.5, 0.6) is 0 Å². The summed E-state index contributed by atoms with van der Waals surface area (Å²) in [5.41, 5.74) is 0. The van der Waals surface area contributed by atoms with Crippen LogP contribution in [0.15, 0.2) is 23.7 Å². The number of allylic oxidation sites excluding steroid dienone is 2.